The molecule has 0 heterocycles. The Labute approximate surface area is 140 Å². The average Bonchev–Trinajstić information content (AvgIpc) is 2.48. The van der Waals surface area contributed by atoms with Gasteiger partial charge in [-0.15, -0.1) is 0 Å². The predicted octanol–water partition coefficient (Wildman–Crippen LogP) is 3.84. The third-order valence-corrected chi connectivity index (χ3v) is 4.88. The standard InChI is InChI=1S/C17H15ClO4S/c1-23(21,22)16(13-7-9-15(18)10-8-13)11-4-12-2-5-14(6-3-12)17(19)20/h2-11,16H,1H3,(H,19,20)/b11-4+. The lowest BCUT2D eigenvalue weighted by Gasteiger charge is -2.11. The zero-order chi connectivity index (χ0) is 17.0. The molecule has 0 bridgehead atoms. The first kappa shape index (κ1) is 17.2. The van der Waals surface area contributed by atoms with Crippen LogP contribution in [0.2, 0.25) is 5.02 Å². The molecule has 0 aliphatic carbocycles. The van der Waals surface area contributed by atoms with Crippen molar-refractivity contribution >= 4 is 33.5 Å². The van der Waals surface area contributed by atoms with E-state index in [0.29, 0.717) is 10.6 Å². The van der Waals surface area contributed by atoms with Gasteiger partial charge in [-0.1, -0.05) is 48.0 Å². The van der Waals surface area contributed by atoms with Crippen LogP contribution in [0.1, 0.15) is 26.7 Å². The topological polar surface area (TPSA) is 71.4 Å². The Morgan fingerprint density at radius 3 is 2.13 bits per heavy atom. The molecule has 2 aromatic rings. The first-order valence-corrected chi connectivity index (χ1v) is 9.06. The SMILES string of the molecule is CS(=O)(=O)C(/C=C/c1ccc(C(=O)O)cc1)c1ccc(Cl)cc1. The minimum Gasteiger partial charge on any atom is -0.478 e. The summed E-state index contributed by atoms with van der Waals surface area (Å²) in [5, 5.41) is 8.61. The summed E-state index contributed by atoms with van der Waals surface area (Å²) in [5.41, 5.74) is 1.52. The van der Waals surface area contributed by atoms with Crippen molar-refractivity contribution in [1.29, 1.82) is 0 Å². The summed E-state index contributed by atoms with van der Waals surface area (Å²) >= 11 is 5.83. The van der Waals surface area contributed by atoms with Crippen molar-refractivity contribution in [2.24, 2.45) is 0 Å². The molecule has 23 heavy (non-hydrogen) atoms. The van der Waals surface area contributed by atoms with Crippen LogP contribution < -0.4 is 0 Å². The van der Waals surface area contributed by atoms with Gasteiger partial charge in [0, 0.05) is 11.3 Å². The molecule has 0 spiro atoms. The van der Waals surface area contributed by atoms with Crippen LogP contribution in [0.25, 0.3) is 6.08 Å². The summed E-state index contributed by atoms with van der Waals surface area (Å²) in [6, 6.07) is 12.8. The average molecular weight is 351 g/mol. The van der Waals surface area contributed by atoms with Crippen LogP contribution in [-0.2, 0) is 9.84 Å². The van der Waals surface area contributed by atoms with E-state index in [4.69, 9.17) is 16.7 Å². The van der Waals surface area contributed by atoms with Gasteiger partial charge in [0.25, 0.3) is 0 Å². The van der Waals surface area contributed by atoms with Crippen LogP contribution in [0.4, 0.5) is 0 Å². The largest absolute Gasteiger partial charge is 0.478 e. The third kappa shape index (κ3) is 4.68. The molecule has 120 valence electrons. The highest BCUT2D eigenvalue weighted by Crippen LogP contribution is 2.25. The lowest BCUT2D eigenvalue weighted by Crippen LogP contribution is -2.08. The maximum atomic E-state index is 12.0. The second-order valence-corrected chi connectivity index (χ2v) is 7.69. The second-order valence-electron chi connectivity index (χ2n) is 5.09. The first-order chi connectivity index (χ1) is 10.8. The van der Waals surface area contributed by atoms with E-state index in [2.05, 4.69) is 0 Å². The first-order valence-electron chi connectivity index (χ1n) is 6.73. The van der Waals surface area contributed by atoms with Gasteiger partial charge in [0.1, 0.15) is 5.25 Å². The minimum absolute atomic E-state index is 0.180. The molecule has 1 N–H and O–H groups in total. The molecule has 1 unspecified atom stereocenters. The molecule has 0 saturated carbocycles. The number of carbonyl (C=O) groups is 1. The molecule has 2 aromatic carbocycles. The van der Waals surface area contributed by atoms with Gasteiger partial charge in [0.2, 0.25) is 0 Å². The smallest absolute Gasteiger partial charge is 0.335 e. The van der Waals surface area contributed by atoms with E-state index in [1.807, 2.05) is 0 Å². The van der Waals surface area contributed by atoms with Crippen LogP contribution in [0.3, 0.4) is 0 Å². The van der Waals surface area contributed by atoms with Gasteiger partial charge in [0.15, 0.2) is 9.84 Å². The van der Waals surface area contributed by atoms with E-state index in [1.165, 1.54) is 18.4 Å². The van der Waals surface area contributed by atoms with Gasteiger partial charge in [-0.3, -0.25) is 0 Å². The number of hydrogen-bond donors (Lipinski definition) is 1. The van der Waals surface area contributed by atoms with E-state index in [9.17, 15) is 13.2 Å². The van der Waals surface area contributed by atoms with Gasteiger partial charge < -0.3 is 5.11 Å². The molecule has 0 amide bonds. The zero-order valence-electron chi connectivity index (χ0n) is 12.3. The van der Waals surface area contributed by atoms with Crippen LogP contribution in [-0.4, -0.2) is 25.7 Å². The highest BCUT2D eigenvalue weighted by atomic mass is 35.5. The molecule has 0 aliphatic rings. The summed E-state index contributed by atoms with van der Waals surface area (Å²) < 4.78 is 24.0. The van der Waals surface area contributed by atoms with Crippen LogP contribution in [0.5, 0.6) is 0 Å². The molecule has 0 saturated heterocycles. The van der Waals surface area contributed by atoms with Gasteiger partial charge in [-0.25, -0.2) is 13.2 Å². The van der Waals surface area contributed by atoms with E-state index >= 15 is 0 Å². The van der Waals surface area contributed by atoms with E-state index in [-0.39, 0.29) is 5.56 Å². The molecule has 4 nitrogen and oxygen atoms in total. The summed E-state index contributed by atoms with van der Waals surface area (Å²) in [7, 11) is -3.35. The number of carboxylic acid groups (broad SMARTS) is 1. The Bertz CT molecular complexity index is 822. The maximum absolute atomic E-state index is 12.0. The Balaban J connectivity index is 2.31. The maximum Gasteiger partial charge on any atom is 0.335 e. The highest BCUT2D eigenvalue weighted by Gasteiger charge is 2.19. The normalized spacial score (nSPS) is 13.1. The molecule has 2 rings (SSSR count). The van der Waals surface area contributed by atoms with Crippen molar-refractivity contribution in [1.82, 2.24) is 0 Å². The van der Waals surface area contributed by atoms with E-state index in [0.717, 1.165) is 5.56 Å². The van der Waals surface area contributed by atoms with Gasteiger partial charge in [0.05, 0.1) is 5.56 Å². The molecular weight excluding hydrogens is 336 g/mol. The van der Waals surface area contributed by atoms with Crippen LogP contribution in [0.15, 0.2) is 54.6 Å². The highest BCUT2D eigenvalue weighted by molar-refractivity contribution is 7.91. The predicted molar refractivity (Wildman–Crippen MR) is 91.5 cm³/mol. The van der Waals surface area contributed by atoms with Gasteiger partial charge in [-0.2, -0.15) is 0 Å². The Hall–Kier alpha value is -2.11. The number of benzene rings is 2. The van der Waals surface area contributed by atoms with Crippen molar-refractivity contribution in [3.63, 3.8) is 0 Å². The second kappa shape index (κ2) is 6.98. The number of aromatic carboxylic acids is 1. The molecule has 0 radical (unpaired) electrons. The van der Waals surface area contributed by atoms with Crippen molar-refractivity contribution in [2.75, 3.05) is 6.26 Å². The quantitative estimate of drug-likeness (QED) is 0.889. The number of sulfone groups is 1. The van der Waals surface area contributed by atoms with Crippen LogP contribution >= 0.6 is 11.6 Å². The molecule has 6 heteroatoms. The van der Waals surface area contributed by atoms with E-state index in [1.54, 1.807) is 48.6 Å². The van der Waals surface area contributed by atoms with E-state index < -0.39 is 21.1 Å². The molecule has 0 aliphatic heterocycles. The Kier molecular flexibility index (Phi) is 5.23. The van der Waals surface area contributed by atoms with Crippen molar-refractivity contribution < 1.29 is 18.3 Å². The monoisotopic (exact) mass is 350 g/mol. The fourth-order valence-corrected chi connectivity index (χ4v) is 3.23. The fourth-order valence-electron chi connectivity index (χ4n) is 2.09. The Morgan fingerprint density at radius 2 is 1.65 bits per heavy atom. The summed E-state index contributed by atoms with van der Waals surface area (Å²) in [6.07, 6.45) is 4.41. The van der Waals surface area contributed by atoms with Crippen molar-refractivity contribution in [3.05, 3.63) is 76.3 Å². The molecule has 0 aromatic heterocycles. The van der Waals surface area contributed by atoms with Gasteiger partial charge >= 0.3 is 5.97 Å². The molecule has 0 fully saturated rings. The summed E-state index contributed by atoms with van der Waals surface area (Å²) in [5.74, 6) is -1.00. The van der Waals surface area contributed by atoms with Crippen LogP contribution in [0, 0.1) is 0 Å². The number of rotatable bonds is 5. The third-order valence-electron chi connectivity index (χ3n) is 3.28. The number of halogens is 1. The number of carboxylic acids is 1. The fraction of sp³-hybridized carbons (Fsp3) is 0.118. The molecule has 1 atom stereocenters. The summed E-state index contributed by atoms with van der Waals surface area (Å²) in [4.78, 5) is 10.8. The zero-order valence-corrected chi connectivity index (χ0v) is 13.9. The number of hydrogen-bond acceptors (Lipinski definition) is 3. The summed E-state index contributed by atoms with van der Waals surface area (Å²) in [6.45, 7) is 0. The minimum atomic E-state index is -3.35. The van der Waals surface area contributed by atoms with Gasteiger partial charge in [-0.05, 0) is 35.4 Å². The van der Waals surface area contributed by atoms with Crippen molar-refractivity contribution in [2.45, 2.75) is 5.25 Å². The lowest BCUT2D eigenvalue weighted by molar-refractivity contribution is 0.0697. The Morgan fingerprint density at radius 1 is 1.09 bits per heavy atom. The van der Waals surface area contributed by atoms with Crippen molar-refractivity contribution in [3.8, 4) is 0 Å². The molecular formula is C17H15ClO4S. The lowest BCUT2D eigenvalue weighted by atomic mass is 10.1.